The summed E-state index contributed by atoms with van der Waals surface area (Å²) >= 11 is 3.44. The molecule has 0 saturated heterocycles. The molecule has 2 aromatic rings. The molecule has 1 N–H and O–H groups in total. The summed E-state index contributed by atoms with van der Waals surface area (Å²) in [5, 5.41) is 3.38. The maximum absolute atomic E-state index is 13.0. The Labute approximate surface area is 181 Å². The molecule has 1 aliphatic rings. The normalized spacial score (nSPS) is 14.2. The molecular weight excluding hydrogens is 440 g/mol. The highest BCUT2D eigenvalue weighted by molar-refractivity contribution is 9.10. The van der Waals surface area contributed by atoms with Gasteiger partial charge in [0.05, 0.1) is 12.2 Å². The number of likely N-dealkylation sites (N-methyl/N-ethyl adjacent to an activating group) is 1. The van der Waals surface area contributed by atoms with Gasteiger partial charge in [-0.1, -0.05) is 65.5 Å². The van der Waals surface area contributed by atoms with Crippen molar-refractivity contribution in [3.05, 3.63) is 64.1 Å². The first-order chi connectivity index (χ1) is 13.1. The summed E-state index contributed by atoms with van der Waals surface area (Å²) in [6, 6.07) is 15.0. The minimum atomic E-state index is -0.0909. The number of carbonyl (C=O) groups excluding carboxylic acids is 2. The third kappa shape index (κ3) is 5.66. The first kappa shape index (κ1) is 22.6. The van der Waals surface area contributed by atoms with Crippen molar-refractivity contribution in [2.75, 3.05) is 18.5 Å². The molecule has 2 aromatic carbocycles. The molecule has 6 heteroatoms. The summed E-state index contributed by atoms with van der Waals surface area (Å²) in [6.07, 6.45) is 6.00. The Hall–Kier alpha value is -1.69. The molecule has 0 aromatic heterocycles. The van der Waals surface area contributed by atoms with E-state index in [4.69, 9.17) is 0 Å². The van der Waals surface area contributed by atoms with Gasteiger partial charge in [-0.15, -0.1) is 12.4 Å². The van der Waals surface area contributed by atoms with Crippen molar-refractivity contribution in [2.24, 2.45) is 0 Å². The molecule has 0 atom stereocenters. The number of nitrogens with one attached hydrogen (secondary N) is 1. The molecule has 0 radical (unpaired) electrons. The first-order valence-corrected chi connectivity index (χ1v) is 10.2. The minimum absolute atomic E-state index is 0. The summed E-state index contributed by atoms with van der Waals surface area (Å²) in [4.78, 5) is 27.3. The lowest BCUT2D eigenvalue weighted by Crippen LogP contribution is -2.41. The van der Waals surface area contributed by atoms with Gasteiger partial charge in [-0.2, -0.15) is 0 Å². The zero-order valence-electron chi connectivity index (χ0n) is 16.0. The zero-order chi connectivity index (χ0) is 19.2. The van der Waals surface area contributed by atoms with Gasteiger partial charge in [0.15, 0.2) is 5.78 Å². The van der Waals surface area contributed by atoms with Crippen LogP contribution in [0.2, 0.25) is 0 Å². The van der Waals surface area contributed by atoms with Gasteiger partial charge in [0.2, 0.25) is 5.91 Å². The molecule has 0 spiro atoms. The minimum Gasteiger partial charge on any atom is -0.314 e. The Kier molecular flexibility index (Phi) is 8.67. The lowest BCUT2D eigenvalue weighted by molar-refractivity contribution is -0.117. The van der Waals surface area contributed by atoms with Crippen LogP contribution in [0.5, 0.6) is 0 Å². The Morgan fingerprint density at radius 1 is 1.07 bits per heavy atom. The Balaban J connectivity index is 0.00000280. The van der Waals surface area contributed by atoms with Crippen LogP contribution >= 0.6 is 28.3 Å². The highest BCUT2D eigenvalue weighted by atomic mass is 79.9. The monoisotopic (exact) mass is 464 g/mol. The SMILES string of the molecule is CN(C(=O)CNC1CCCCC1)c1ccc(Br)cc1C(=O)c1ccccc1.Cl. The van der Waals surface area contributed by atoms with Crippen molar-refractivity contribution < 1.29 is 9.59 Å². The molecule has 0 heterocycles. The summed E-state index contributed by atoms with van der Waals surface area (Å²) in [6.45, 7) is 0.288. The Morgan fingerprint density at radius 3 is 2.43 bits per heavy atom. The van der Waals surface area contributed by atoms with E-state index in [0.717, 1.165) is 17.3 Å². The van der Waals surface area contributed by atoms with Gasteiger partial charge in [-0.05, 0) is 31.0 Å². The van der Waals surface area contributed by atoms with Crippen LogP contribution in [-0.2, 0) is 4.79 Å². The number of anilines is 1. The predicted molar refractivity (Wildman–Crippen MR) is 120 cm³/mol. The van der Waals surface area contributed by atoms with Crippen molar-refractivity contribution in [3.63, 3.8) is 0 Å². The van der Waals surface area contributed by atoms with Crippen LogP contribution in [0.25, 0.3) is 0 Å². The second-order valence-corrected chi connectivity index (χ2v) is 7.94. The maximum atomic E-state index is 13.0. The first-order valence-electron chi connectivity index (χ1n) is 9.45. The summed E-state index contributed by atoms with van der Waals surface area (Å²) in [7, 11) is 1.73. The van der Waals surface area contributed by atoms with Crippen molar-refractivity contribution in [2.45, 2.75) is 38.1 Å². The fourth-order valence-electron chi connectivity index (χ4n) is 3.52. The van der Waals surface area contributed by atoms with Crippen LogP contribution in [0.15, 0.2) is 53.0 Å². The van der Waals surface area contributed by atoms with E-state index in [-0.39, 0.29) is 30.6 Å². The highest BCUT2D eigenvalue weighted by Crippen LogP contribution is 2.26. The van der Waals surface area contributed by atoms with Gasteiger partial charge in [0.1, 0.15) is 0 Å². The second-order valence-electron chi connectivity index (χ2n) is 7.03. The van der Waals surface area contributed by atoms with Crippen LogP contribution < -0.4 is 10.2 Å². The molecule has 0 unspecified atom stereocenters. The fraction of sp³-hybridized carbons (Fsp3) is 0.364. The van der Waals surface area contributed by atoms with E-state index in [9.17, 15) is 9.59 Å². The second kappa shape index (κ2) is 10.7. The lowest BCUT2D eigenvalue weighted by Gasteiger charge is -2.25. The molecule has 150 valence electrons. The van der Waals surface area contributed by atoms with Crippen molar-refractivity contribution >= 4 is 45.7 Å². The third-order valence-corrected chi connectivity index (χ3v) is 5.62. The molecular formula is C22H26BrClN2O2. The molecule has 0 aliphatic heterocycles. The van der Waals surface area contributed by atoms with Crippen LogP contribution in [0, 0.1) is 0 Å². The average Bonchev–Trinajstić information content (AvgIpc) is 2.72. The van der Waals surface area contributed by atoms with E-state index in [1.165, 1.54) is 19.3 Å². The number of benzene rings is 2. The molecule has 4 nitrogen and oxygen atoms in total. The van der Waals surface area contributed by atoms with Crippen LogP contribution in [0.4, 0.5) is 5.69 Å². The van der Waals surface area contributed by atoms with E-state index < -0.39 is 0 Å². The molecule has 1 fully saturated rings. The third-order valence-electron chi connectivity index (χ3n) is 5.12. The number of amides is 1. The van der Waals surface area contributed by atoms with Gasteiger partial charge in [0, 0.05) is 28.7 Å². The molecule has 1 saturated carbocycles. The highest BCUT2D eigenvalue weighted by Gasteiger charge is 2.21. The molecule has 0 bridgehead atoms. The van der Waals surface area contributed by atoms with E-state index in [1.807, 2.05) is 30.3 Å². The van der Waals surface area contributed by atoms with Gasteiger partial charge in [0.25, 0.3) is 0 Å². The average molecular weight is 466 g/mol. The smallest absolute Gasteiger partial charge is 0.240 e. The van der Waals surface area contributed by atoms with Gasteiger partial charge in [-0.3, -0.25) is 9.59 Å². The van der Waals surface area contributed by atoms with Crippen LogP contribution in [0.3, 0.4) is 0 Å². The van der Waals surface area contributed by atoms with Crippen molar-refractivity contribution in [1.82, 2.24) is 5.32 Å². The van der Waals surface area contributed by atoms with Crippen molar-refractivity contribution in [3.8, 4) is 0 Å². The zero-order valence-corrected chi connectivity index (χ0v) is 18.4. The lowest BCUT2D eigenvalue weighted by atomic mass is 9.95. The fourth-order valence-corrected chi connectivity index (χ4v) is 3.88. The van der Waals surface area contributed by atoms with E-state index in [2.05, 4.69) is 21.2 Å². The van der Waals surface area contributed by atoms with E-state index in [0.29, 0.717) is 22.9 Å². The van der Waals surface area contributed by atoms with Crippen LogP contribution in [-0.4, -0.2) is 31.3 Å². The number of nitrogens with zero attached hydrogens (tertiary/aromatic N) is 1. The number of carbonyl (C=O) groups is 2. The summed E-state index contributed by atoms with van der Waals surface area (Å²) in [5.41, 5.74) is 1.75. The maximum Gasteiger partial charge on any atom is 0.240 e. The number of hydrogen-bond donors (Lipinski definition) is 1. The molecule has 1 aliphatic carbocycles. The number of ketones is 1. The van der Waals surface area contributed by atoms with Crippen LogP contribution in [0.1, 0.15) is 48.0 Å². The molecule has 28 heavy (non-hydrogen) atoms. The quantitative estimate of drug-likeness (QED) is 0.612. The Bertz CT molecular complexity index is 807. The van der Waals surface area contributed by atoms with E-state index in [1.54, 1.807) is 30.1 Å². The topological polar surface area (TPSA) is 49.4 Å². The molecule has 3 rings (SSSR count). The van der Waals surface area contributed by atoms with Gasteiger partial charge >= 0.3 is 0 Å². The summed E-state index contributed by atoms with van der Waals surface area (Å²) in [5.74, 6) is -0.128. The standard InChI is InChI=1S/C22H25BrN2O2.ClH/c1-25(21(26)15-24-18-10-6-3-7-11-18)20-13-12-17(23)14-19(20)22(27)16-8-4-2-5-9-16;/h2,4-5,8-9,12-14,18,24H,3,6-7,10-11,15H2,1H3;1H. The number of halogens is 2. The number of rotatable bonds is 6. The van der Waals surface area contributed by atoms with Gasteiger partial charge in [-0.25, -0.2) is 0 Å². The predicted octanol–water partition coefficient (Wildman–Crippen LogP) is 4.99. The van der Waals surface area contributed by atoms with Crippen molar-refractivity contribution in [1.29, 1.82) is 0 Å². The van der Waals surface area contributed by atoms with E-state index >= 15 is 0 Å². The molecule has 1 amide bonds. The largest absolute Gasteiger partial charge is 0.314 e. The Morgan fingerprint density at radius 2 is 1.75 bits per heavy atom. The van der Waals surface area contributed by atoms with Gasteiger partial charge < -0.3 is 10.2 Å². The number of hydrogen-bond acceptors (Lipinski definition) is 3. The summed E-state index contributed by atoms with van der Waals surface area (Å²) < 4.78 is 0.812.